The average molecular weight is 435 g/mol. The highest BCUT2D eigenvalue weighted by Gasteiger charge is 2.25. The van der Waals surface area contributed by atoms with Crippen LogP contribution < -0.4 is 5.32 Å². The van der Waals surface area contributed by atoms with Gasteiger partial charge in [-0.25, -0.2) is 9.97 Å². The van der Waals surface area contributed by atoms with Gasteiger partial charge in [-0.05, 0) is 69.2 Å². The summed E-state index contributed by atoms with van der Waals surface area (Å²) in [4.78, 5) is 26.1. The number of hydrogen-bond acceptors (Lipinski definition) is 7. The average Bonchev–Trinajstić information content (AvgIpc) is 3.02. The molecule has 3 heterocycles. The van der Waals surface area contributed by atoms with Crippen LogP contribution in [0.25, 0.3) is 11.4 Å². The summed E-state index contributed by atoms with van der Waals surface area (Å²) in [7, 11) is 1.86. The normalized spacial score (nSPS) is 16.2. The lowest BCUT2D eigenvalue weighted by molar-refractivity contribution is -0.155. The topological polar surface area (TPSA) is 94.8 Å². The number of rotatable bonds is 5. The van der Waals surface area contributed by atoms with Gasteiger partial charge in [0.25, 0.3) is 0 Å². The van der Waals surface area contributed by atoms with Crippen LogP contribution >= 0.6 is 0 Å². The SMILES string of the molecule is Cn1cc(Nc2nccc(-c3cc4c(cn3)C(CC(=O)OC(C)(C)C)CCCC4)n2)cn1. The molecular weight excluding hydrogens is 404 g/mol. The molecule has 0 aromatic carbocycles. The third-order valence-corrected chi connectivity index (χ3v) is 5.43. The lowest BCUT2D eigenvalue weighted by Crippen LogP contribution is -2.25. The monoisotopic (exact) mass is 434 g/mol. The number of hydrogen-bond donors (Lipinski definition) is 1. The van der Waals surface area contributed by atoms with Crippen molar-refractivity contribution in [1.29, 1.82) is 0 Å². The highest BCUT2D eigenvalue weighted by atomic mass is 16.6. The van der Waals surface area contributed by atoms with Crippen LogP contribution in [0.1, 0.15) is 63.5 Å². The number of fused-ring (bicyclic) bond motifs is 1. The Morgan fingerprint density at radius 2 is 2.06 bits per heavy atom. The molecule has 8 nitrogen and oxygen atoms in total. The maximum Gasteiger partial charge on any atom is 0.306 e. The molecule has 0 radical (unpaired) electrons. The molecule has 0 spiro atoms. The summed E-state index contributed by atoms with van der Waals surface area (Å²) in [5.74, 6) is 0.480. The standard InChI is InChI=1S/C24H30N6O2/c1-24(2,3)32-22(31)12-17-8-6-5-7-16-11-21(26-14-19(16)17)20-9-10-25-23(29-20)28-18-13-27-30(4)15-18/h9-11,13-15,17H,5-8,12H2,1-4H3,(H,25,28,29). The van der Waals surface area contributed by atoms with Gasteiger partial charge in [-0.1, -0.05) is 6.42 Å². The molecule has 0 saturated carbocycles. The quantitative estimate of drug-likeness (QED) is 0.465. The zero-order chi connectivity index (χ0) is 22.7. The fourth-order valence-corrected chi connectivity index (χ4v) is 4.07. The largest absolute Gasteiger partial charge is 0.460 e. The summed E-state index contributed by atoms with van der Waals surface area (Å²) in [6.07, 6.45) is 11.7. The van der Waals surface area contributed by atoms with Crippen LogP contribution in [-0.4, -0.2) is 36.3 Å². The molecule has 32 heavy (non-hydrogen) atoms. The minimum atomic E-state index is -0.471. The van der Waals surface area contributed by atoms with Crippen molar-refractivity contribution < 1.29 is 9.53 Å². The fourth-order valence-electron chi connectivity index (χ4n) is 4.07. The molecular formula is C24H30N6O2. The molecule has 1 unspecified atom stereocenters. The summed E-state index contributed by atoms with van der Waals surface area (Å²) in [6.45, 7) is 5.71. The van der Waals surface area contributed by atoms with Gasteiger partial charge in [0.1, 0.15) is 5.60 Å². The van der Waals surface area contributed by atoms with Gasteiger partial charge in [0.05, 0.1) is 29.7 Å². The second-order valence-corrected chi connectivity index (χ2v) is 9.29. The zero-order valence-electron chi connectivity index (χ0n) is 19.1. The van der Waals surface area contributed by atoms with Crippen molar-refractivity contribution in [2.75, 3.05) is 5.32 Å². The van der Waals surface area contributed by atoms with E-state index in [0.29, 0.717) is 12.4 Å². The maximum atomic E-state index is 12.5. The molecule has 4 rings (SSSR count). The molecule has 3 aromatic heterocycles. The number of nitrogens with zero attached hydrogens (tertiary/aromatic N) is 5. The number of aryl methyl sites for hydroxylation is 2. The Balaban J connectivity index is 1.56. The Kier molecular flexibility index (Phi) is 6.21. The van der Waals surface area contributed by atoms with Crippen molar-refractivity contribution in [3.8, 4) is 11.4 Å². The van der Waals surface area contributed by atoms with Crippen molar-refractivity contribution in [2.45, 2.75) is 64.4 Å². The summed E-state index contributed by atoms with van der Waals surface area (Å²) in [6, 6.07) is 3.97. The van der Waals surface area contributed by atoms with Crippen LogP contribution in [-0.2, 0) is 23.0 Å². The van der Waals surface area contributed by atoms with E-state index >= 15 is 0 Å². The Morgan fingerprint density at radius 1 is 1.22 bits per heavy atom. The van der Waals surface area contributed by atoms with Crippen LogP contribution in [0.5, 0.6) is 0 Å². The van der Waals surface area contributed by atoms with E-state index in [9.17, 15) is 4.79 Å². The smallest absolute Gasteiger partial charge is 0.306 e. The van der Waals surface area contributed by atoms with Gasteiger partial charge < -0.3 is 10.1 Å². The maximum absolute atomic E-state index is 12.5. The first-order valence-corrected chi connectivity index (χ1v) is 11.1. The van der Waals surface area contributed by atoms with Crippen LogP contribution in [0.2, 0.25) is 0 Å². The lowest BCUT2D eigenvalue weighted by Gasteiger charge is -2.22. The number of pyridine rings is 1. The van der Waals surface area contributed by atoms with Crippen LogP contribution in [0, 0.1) is 0 Å². The number of nitrogens with one attached hydrogen (secondary N) is 1. The van der Waals surface area contributed by atoms with E-state index in [1.165, 1.54) is 5.56 Å². The molecule has 1 atom stereocenters. The molecule has 3 aromatic rings. The molecule has 0 saturated heterocycles. The van der Waals surface area contributed by atoms with E-state index in [0.717, 1.165) is 48.3 Å². The van der Waals surface area contributed by atoms with E-state index in [2.05, 4.69) is 26.4 Å². The number of esters is 1. The third kappa shape index (κ3) is 5.49. The first-order chi connectivity index (χ1) is 15.3. The molecule has 0 bridgehead atoms. The Morgan fingerprint density at radius 3 is 2.81 bits per heavy atom. The van der Waals surface area contributed by atoms with Gasteiger partial charge in [-0.3, -0.25) is 14.5 Å². The highest BCUT2D eigenvalue weighted by Crippen LogP contribution is 2.34. The molecule has 8 heteroatoms. The Labute approximate surface area is 188 Å². The number of anilines is 2. The molecule has 168 valence electrons. The minimum absolute atomic E-state index is 0.136. The number of carbonyl (C=O) groups is 1. The van der Waals surface area contributed by atoms with Gasteiger partial charge in [-0.15, -0.1) is 0 Å². The van der Waals surface area contributed by atoms with Crippen LogP contribution in [0.4, 0.5) is 11.6 Å². The number of aromatic nitrogens is 5. The summed E-state index contributed by atoms with van der Waals surface area (Å²) >= 11 is 0. The lowest BCUT2D eigenvalue weighted by atomic mass is 9.91. The van der Waals surface area contributed by atoms with E-state index in [-0.39, 0.29) is 11.9 Å². The minimum Gasteiger partial charge on any atom is -0.460 e. The van der Waals surface area contributed by atoms with Gasteiger partial charge in [0.2, 0.25) is 5.95 Å². The van der Waals surface area contributed by atoms with Crippen molar-refractivity contribution in [3.05, 3.63) is 48.0 Å². The van der Waals surface area contributed by atoms with Crippen molar-refractivity contribution >= 4 is 17.6 Å². The summed E-state index contributed by atoms with van der Waals surface area (Å²) < 4.78 is 7.28. The zero-order valence-corrected chi connectivity index (χ0v) is 19.1. The van der Waals surface area contributed by atoms with Crippen LogP contribution in [0.15, 0.2) is 36.9 Å². The van der Waals surface area contributed by atoms with Gasteiger partial charge in [0, 0.05) is 25.6 Å². The molecule has 0 fully saturated rings. The van der Waals surface area contributed by atoms with Gasteiger partial charge in [-0.2, -0.15) is 5.10 Å². The first-order valence-electron chi connectivity index (χ1n) is 11.1. The molecule has 0 aliphatic heterocycles. The summed E-state index contributed by atoms with van der Waals surface area (Å²) in [5.41, 5.74) is 4.30. The van der Waals surface area contributed by atoms with Crippen molar-refractivity contribution in [3.63, 3.8) is 0 Å². The predicted octanol–water partition coefficient (Wildman–Crippen LogP) is 4.56. The molecule has 1 aliphatic carbocycles. The molecule has 1 N–H and O–H groups in total. The van der Waals surface area contributed by atoms with Crippen LogP contribution in [0.3, 0.4) is 0 Å². The van der Waals surface area contributed by atoms with E-state index in [4.69, 9.17) is 9.72 Å². The van der Waals surface area contributed by atoms with Gasteiger partial charge >= 0.3 is 5.97 Å². The predicted molar refractivity (Wildman–Crippen MR) is 123 cm³/mol. The van der Waals surface area contributed by atoms with E-state index < -0.39 is 5.60 Å². The second-order valence-electron chi connectivity index (χ2n) is 9.29. The first kappa shape index (κ1) is 21.9. The second kappa shape index (κ2) is 9.06. The number of ether oxygens (including phenoxy) is 1. The third-order valence-electron chi connectivity index (χ3n) is 5.43. The summed E-state index contributed by atoms with van der Waals surface area (Å²) in [5, 5.41) is 7.32. The molecule has 1 aliphatic rings. The Bertz CT molecular complexity index is 1100. The Hall–Kier alpha value is -3.29. The van der Waals surface area contributed by atoms with E-state index in [1.54, 1.807) is 17.1 Å². The molecule has 0 amide bonds. The van der Waals surface area contributed by atoms with E-state index in [1.807, 2.05) is 46.3 Å². The number of carbonyl (C=O) groups excluding carboxylic acids is 1. The fraction of sp³-hybridized carbons (Fsp3) is 0.458. The van der Waals surface area contributed by atoms with Crippen molar-refractivity contribution in [2.24, 2.45) is 7.05 Å². The van der Waals surface area contributed by atoms with Gasteiger partial charge in [0.15, 0.2) is 0 Å². The highest BCUT2D eigenvalue weighted by molar-refractivity contribution is 5.71. The van der Waals surface area contributed by atoms with Crippen molar-refractivity contribution in [1.82, 2.24) is 24.7 Å².